The molecule has 1 heteroatoms. The van der Waals surface area contributed by atoms with E-state index in [0.717, 1.165) is 0 Å². The Morgan fingerprint density at radius 2 is 1.58 bits per heavy atom. The molecule has 3 aliphatic heterocycles. The van der Waals surface area contributed by atoms with Crippen molar-refractivity contribution in [3.05, 3.63) is 64.2 Å². The first-order valence-electron chi connectivity index (χ1n) is 9.47. The van der Waals surface area contributed by atoms with Gasteiger partial charge in [0.15, 0.2) is 0 Å². The van der Waals surface area contributed by atoms with Crippen LogP contribution in [0, 0.1) is 20.8 Å². The van der Waals surface area contributed by atoms with Gasteiger partial charge in [-0.05, 0) is 87.3 Å². The fraction of sp³-hybridized carbons (Fsp3) is 0.478. The van der Waals surface area contributed by atoms with Crippen molar-refractivity contribution in [2.75, 3.05) is 4.90 Å². The number of nitrogens with zero attached hydrogens (tertiary/aromatic N) is 1. The van der Waals surface area contributed by atoms with Gasteiger partial charge in [0.2, 0.25) is 0 Å². The lowest BCUT2D eigenvalue weighted by Gasteiger charge is -2.70. The van der Waals surface area contributed by atoms with Gasteiger partial charge in [0.1, 0.15) is 0 Å². The lowest BCUT2D eigenvalue weighted by molar-refractivity contribution is 0.0554. The van der Waals surface area contributed by atoms with Gasteiger partial charge < -0.3 is 4.90 Å². The Balaban J connectivity index is 1.80. The summed E-state index contributed by atoms with van der Waals surface area (Å²) in [7, 11) is 0. The van der Waals surface area contributed by atoms with Gasteiger partial charge in [-0.3, -0.25) is 0 Å². The first-order chi connectivity index (χ1) is 11.5. The molecule has 124 valence electrons. The molecule has 2 saturated heterocycles. The average Bonchev–Trinajstić information content (AvgIpc) is 2.60. The molecule has 3 heterocycles. The van der Waals surface area contributed by atoms with E-state index in [1.165, 1.54) is 48.1 Å². The van der Waals surface area contributed by atoms with Crippen LogP contribution in [-0.4, -0.2) is 6.04 Å². The number of hydrogen-bond acceptors (Lipinski definition) is 1. The van der Waals surface area contributed by atoms with Crippen molar-refractivity contribution in [1.29, 1.82) is 0 Å². The molecule has 1 nitrogen and oxygen atoms in total. The molecule has 3 aliphatic carbocycles. The van der Waals surface area contributed by atoms with E-state index in [9.17, 15) is 0 Å². The highest BCUT2D eigenvalue weighted by atomic mass is 15.3. The SMILES string of the molecule is Cc1cc(C)c(C)c(N2C(C)C34CCC2(CC3)c2ccccc24)c1. The number of piperidine rings is 2. The van der Waals surface area contributed by atoms with Crippen LogP contribution in [0.2, 0.25) is 0 Å². The van der Waals surface area contributed by atoms with Crippen LogP contribution >= 0.6 is 0 Å². The second kappa shape index (κ2) is 4.45. The summed E-state index contributed by atoms with van der Waals surface area (Å²) in [6, 6.07) is 14.7. The van der Waals surface area contributed by atoms with E-state index in [2.05, 4.69) is 69.0 Å². The lowest BCUT2D eigenvalue weighted by atomic mass is 9.47. The number of hydrogen-bond donors (Lipinski definition) is 0. The molecule has 24 heavy (non-hydrogen) atoms. The van der Waals surface area contributed by atoms with Gasteiger partial charge in [-0.1, -0.05) is 30.3 Å². The van der Waals surface area contributed by atoms with Gasteiger partial charge in [-0.25, -0.2) is 0 Å². The van der Waals surface area contributed by atoms with Gasteiger partial charge in [0, 0.05) is 17.1 Å². The molecule has 0 amide bonds. The van der Waals surface area contributed by atoms with Crippen molar-refractivity contribution in [3.63, 3.8) is 0 Å². The minimum Gasteiger partial charge on any atom is -0.358 e. The van der Waals surface area contributed by atoms with E-state index >= 15 is 0 Å². The van der Waals surface area contributed by atoms with Crippen molar-refractivity contribution in [3.8, 4) is 0 Å². The molecule has 2 bridgehead atoms. The Kier molecular flexibility index (Phi) is 2.70. The molecule has 0 N–H and O–H groups in total. The van der Waals surface area contributed by atoms with Gasteiger partial charge >= 0.3 is 0 Å². The van der Waals surface area contributed by atoms with Gasteiger partial charge in [-0.2, -0.15) is 0 Å². The van der Waals surface area contributed by atoms with Crippen LogP contribution in [0.4, 0.5) is 5.69 Å². The first kappa shape index (κ1) is 14.6. The normalized spacial score (nSPS) is 33.0. The molecule has 3 fully saturated rings. The Morgan fingerprint density at radius 1 is 0.917 bits per heavy atom. The van der Waals surface area contributed by atoms with Crippen molar-refractivity contribution in [1.82, 2.24) is 0 Å². The third-order valence-corrected chi connectivity index (χ3v) is 7.63. The Morgan fingerprint density at radius 3 is 2.29 bits per heavy atom. The standard InChI is InChI=1S/C23H27N/c1-15-13-16(2)17(3)21(14-15)24-18(4)22-9-11-23(24,12-10-22)20-8-6-5-7-19(20)22/h5-8,13-14,18H,9-12H2,1-4H3. The third kappa shape index (κ3) is 1.48. The molecule has 2 aromatic carbocycles. The molecule has 1 atom stereocenters. The van der Waals surface area contributed by atoms with Crippen molar-refractivity contribution >= 4 is 5.69 Å². The van der Waals surface area contributed by atoms with Crippen molar-refractivity contribution in [2.24, 2.45) is 0 Å². The van der Waals surface area contributed by atoms with Crippen LogP contribution in [0.5, 0.6) is 0 Å². The van der Waals surface area contributed by atoms with Crippen LogP contribution in [-0.2, 0) is 11.0 Å². The lowest BCUT2D eigenvalue weighted by Crippen LogP contribution is -2.72. The molecule has 6 aliphatic rings. The van der Waals surface area contributed by atoms with Gasteiger partial charge in [-0.15, -0.1) is 0 Å². The maximum atomic E-state index is 2.83. The molecular formula is C23H27N. The fourth-order valence-electron chi connectivity index (χ4n) is 6.31. The van der Waals surface area contributed by atoms with Crippen LogP contribution in [0.3, 0.4) is 0 Å². The largest absolute Gasteiger partial charge is 0.358 e. The summed E-state index contributed by atoms with van der Waals surface area (Å²) >= 11 is 0. The van der Waals surface area contributed by atoms with E-state index in [1.54, 1.807) is 11.1 Å². The zero-order chi connectivity index (χ0) is 16.7. The Hall–Kier alpha value is -1.76. The number of benzene rings is 2. The highest BCUT2D eigenvalue weighted by Crippen LogP contribution is 2.66. The second-order valence-corrected chi connectivity index (χ2v) is 8.51. The van der Waals surface area contributed by atoms with Gasteiger partial charge in [0.05, 0.1) is 5.54 Å². The molecule has 0 spiro atoms. The summed E-state index contributed by atoms with van der Waals surface area (Å²) in [6.45, 7) is 9.30. The topological polar surface area (TPSA) is 3.24 Å². The quantitative estimate of drug-likeness (QED) is 0.667. The predicted molar refractivity (Wildman–Crippen MR) is 101 cm³/mol. The third-order valence-electron chi connectivity index (χ3n) is 7.63. The number of rotatable bonds is 1. The van der Waals surface area contributed by atoms with Crippen LogP contribution in [0.25, 0.3) is 0 Å². The van der Waals surface area contributed by atoms with E-state index in [4.69, 9.17) is 0 Å². The predicted octanol–water partition coefficient (Wildman–Crippen LogP) is 5.54. The molecule has 0 radical (unpaired) electrons. The summed E-state index contributed by atoms with van der Waals surface area (Å²) in [6.07, 6.45) is 5.37. The zero-order valence-corrected chi connectivity index (χ0v) is 15.3. The summed E-state index contributed by atoms with van der Waals surface area (Å²) < 4.78 is 0. The van der Waals surface area contributed by atoms with Crippen LogP contribution in [0.15, 0.2) is 36.4 Å². The first-order valence-corrected chi connectivity index (χ1v) is 9.47. The minimum absolute atomic E-state index is 0.223. The van der Waals surface area contributed by atoms with Gasteiger partial charge in [0.25, 0.3) is 0 Å². The molecular weight excluding hydrogens is 290 g/mol. The molecule has 8 rings (SSSR count). The number of aryl methyl sites for hydroxylation is 2. The monoisotopic (exact) mass is 317 g/mol. The van der Waals surface area contributed by atoms with E-state index in [0.29, 0.717) is 11.5 Å². The van der Waals surface area contributed by atoms with Crippen molar-refractivity contribution < 1.29 is 0 Å². The Labute approximate surface area is 145 Å². The summed E-state index contributed by atoms with van der Waals surface area (Å²) in [5.74, 6) is 0. The van der Waals surface area contributed by atoms with E-state index in [-0.39, 0.29) is 5.54 Å². The number of anilines is 1. The van der Waals surface area contributed by atoms with Crippen LogP contribution < -0.4 is 4.90 Å². The zero-order valence-electron chi connectivity index (χ0n) is 15.3. The van der Waals surface area contributed by atoms with Crippen LogP contribution in [0.1, 0.15) is 60.4 Å². The molecule has 1 saturated carbocycles. The van der Waals surface area contributed by atoms with E-state index in [1.807, 2.05) is 0 Å². The maximum absolute atomic E-state index is 2.83. The maximum Gasteiger partial charge on any atom is 0.0660 e. The average molecular weight is 317 g/mol. The molecule has 0 aromatic heterocycles. The Bertz CT molecular complexity index is 839. The molecule has 1 unspecified atom stereocenters. The molecule has 2 aromatic rings. The highest BCUT2D eigenvalue weighted by molar-refractivity contribution is 5.67. The highest BCUT2D eigenvalue weighted by Gasteiger charge is 2.64. The van der Waals surface area contributed by atoms with Crippen molar-refractivity contribution in [2.45, 2.75) is 70.4 Å². The van der Waals surface area contributed by atoms with E-state index < -0.39 is 0 Å². The minimum atomic E-state index is 0.223. The summed E-state index contributed by atoms with van der Waals surface area (Å²) in [4.78, 5) is 2.83. The second-order valence-electron chi connectivity index (χ2n) is 8.51. The summed E-state index contributed by atoms with van der Waals surface area (Å²) in [5.41, 5.74) is 9.64. The fourth-order valence-corrected chi connectivity index (χ4v) is 6.31. The smallest absolute Gasteiger partial charge is 0.0660 e. The summed E-state index contributed by atoms with van der Waals surface area (Å²) in [5, 5.41) is 0.